The SMILES string of the molecule is COc1cc(NC(N)=NC(C)C)ccc1Cl. The van der Waals surface area contributed by atoms with Crippen molar-refractivity contribution in [3.63, 3.8) is 0 Å². The molecule has 0 aromatic heterocycles. The number of anilines is 1. The first kappa shape index (κ1) is 12.6. The lowest BCUT2D eigenvalue weighted by atomic mass is 10.3. The highest BCUT2D eigenvalue weighted by Gasteiger charge is 2.02. The topological polar surface area (TPSA) is 59.6 Å². The lowest BCUT2D eigenvalue weighted by Crippen LogP contribution is -2.23. The number of methoxy groups -OCH3 is 1. The summed E-state index contributed by atoms with van der Waals surface area (Å²) in [5.41, 5.74) is 6.50. The third-order valence-corrected chi connectivity index (χ3v) is 2.13. The van der Waals surface area contributed by atoms with Crippen LogP contribution < -0.4 is 15.8 Å². The van der Waals surface area contributed by atoms with Gasteiger partial charge in [-0.3, -0.25) is 4.99 Å². The molecule has 0 bridgehead atoms. The van der Waals surface area contributed by atoms with Gasteiger partial charge in [-0.1, -0.05) is 11.6 Å². The molecule has 88 valence electrons. The fourth-order valence-electron chi connectivity index (χ4n) is 1.20. The highest BCUT2D eigenvalue weighted by molar-refractivity contribution is 6.32. The van der Waals surface area contributed by atoms with E-state index in [4.69, 9.17) is 22.1 Å². The van der Waals surface area contributed by atoms with Crippen LogP contribution in [0.4, 0.5) is 5.69 Å². The molecule has 4 nitrogen and oxygen atoms in total. The maximum atomic E-state index is 5.90. The molecule has 0 radical (unpaired) electrons. The Hall–Kier alpha value is -1.42. The molecule has 1 aromatic rings. The van der Waals surface area contributed by atoms with Gasteiger partial charge in [-0.05, 0) is 26.0 Å². The number of benzene rings is 1. The molecule has 1 rings (SSSR count). The first-order valence-electron chi connectivity index (χ1n) is 4.96. The molecule has 0 atom stereocenters. The van der Waals surface area contributed by atoms with E-state index in [1.807, 2.05) is 19.9 Å². The molecule has 0 fully saturated rings. The normalized spacial score (nSPS) is 11.7. The van der Waals surface area contributed by atoms with Crippen molar-refractivity contribution < 1.29 is 4.74 Å². The number of guanidine groups is 1. The van der Waals surface area contributed by atoms with Crippen LogP contribution in [-0.4, -0.2) is 19.1 Å². The van der Waals surface area contributed by atoms with E-state index in [2.05, 4.69) is 10.3 Å². The summed E-state index contributed by atoms with van der Waals surface area (Å²) in [6, 6.07) is 5.48. The molecule has 0 amide bonds. The van der Waals surface area contributed by atoms with Gasteiger partial charge in [0.2, 0.25) is 0 Å². The molecule has 5 heteroatoms. The van der Waals surface area contributed by atoms with E-state index in [0.717, 1.165) is 5.69 Å². The van der Waals surface area contributed by atoms with Crippen molar-refractivity contribution in [3.8, 4) is 5.75 Å². The van der Waals surface area contributed by atoms with Gasteiger partial charge in [-0.25, -0.2) is 0 Å². The Bertz CT molecular complexity index is 391. The van der Waals surface area contributed by atoms with Crippen molar-refractivity contribution in [3.05, 3.63) is 23.2 Å². The summed E-state index contributed by atoms with van der Waals surface area (Å²) >= 11 is 5.90. The number of ether oxygens (including phenoxy) is 1. The number of aliphatic imine (C=N–C) groups is 1. The van der Waals surface area contributed by atoms with Crippen molar-refractivity contribution in [2.75, 3.05) is 12.4 Å². The Labute approximate surface area is 100 Å². The highest BCUT2D eigenvalue weighted by Crippen LogP contribution is 2.27. The average Bonchev–Trinajstić information content (AvgIpc) is 2.19. The van der Waals surface area contributed by atoms with Crippen molar-refractivity contribution >= 4 is 23.2 Å². The second-order valence-corrected chi connectivity index (χ2v) is 3.99. The Morgan fingerprint density at radius 1 is 1.50 bits per heavy atom. The van der Waals surface area contributed by atoms with Gasteiger partial charge in [0.25, 0.3) is 0 Å². The third kappa shape index (κ3) is 3.62. The van der Waals surface area contributed by atoms with E-state index in [1.54, 1.807) is 19.2 Å². The maximum absolute atomic E-state index is 5.90. The van der Waals surface area contributed by atoms with Crippen LogP contribution in [0.15, 0.2) is 23.2 Å². The van der Waals surface area contributed by atoms with Crippen molar-refractivity contribution in [1.82, 2.24) is 0 Å². The second-order valence-electron chi connectivity index (χ2n) is 3.58. The van der Waals surface area contributed by atoms with Gasteiger partial charge >= 0.3 is 0 Å². The number of hydrogen-bond donors (Lipinski definition) is 2. The lowest BCUT2D eigenvalue weighted by molar-refractivity contribution is 0.415. The largest absolute Gasteiger partial charge is 0.495 e. The number of halogens is 1. The first-order chi connectivity index (χ1) is 7.52. The van der Waals surface area contributed by atoms with Gasteiger partial charge in [0, 0.05) is 17.8 Å². The minimum Gasteiger partial charge on any atom is -0.495 e. The molecule has 0 unspecified atom stereocenters. The van der Waals surface area contributed by atoms with Gasteiger partial charge in [0.05, 0.1) is 12.1 Å². The molecule has 0 aliphatic carbocycles. The number of nitrogens with zero attached hydrogens (tertiary/aromatic N) is 1. The van der Waals surface area contributed by atoms with E-state index in [9.17, 15) is 0 Å². The van der Waals surface area contributed by atoms with Crippen molar-refractivity contribution in [2.24, 2.45) is 10.7 Å². The molecular formula is C11H16ClN3O. The summed E-state index contributed by atoms with van der Waals surface area (Å²) < 4.78 is 5.10. The Morgan fingerprint density at radius 3 is 2.75 bits per heavy atom. The average molecular weight is 242 g/mol. The van der Waals surface area contributed by atoms with E-state index in [-0.39, 0.29) is 6.04 Å². The molecule has 16 heavy (non-hydrogen) atoms. The monoisotopic (exact) mass is 241 g/mol. The smallest absolute Gasteiger partial charge is 0.193 e. The van der Waals surface area contributed by atoms with Crippen LogP contribution in [-0.2, 0) is 0 Å². The molecule has 0 saturated carbocycles. The summed E-state index contributed by atoms with van der Waals surface area (Å²) in [6.07, 6.45) is 0. The van der Waals surface area contributed by atoms with E-state index in [1.165, 1.54) is 0 Å². The Morgan fingerprint density at radius 2 is 2.19 bits per heavy atom. The molecule has 1 aromatic carbocycles. The summed E-state index contributed by atoms with van der Waals surface area (Å²) in [4.78, 5) is 4.16. The van der Waals surface area contributed by atoms with Crippen molar-refractivity contribution in [2.45, 2.75) is 19.9 Å². The van der Waals surface area contributed by atoms with Crippen LogP contribution in [0.1, 0.15) is 13.8 Å². The lowest BCUT2D eigenvalue weighted by Gasteiger charge is -2.09. The highest BCUT2D eigenvalue weighted by atomic mass is 35.5. The predicted molar refractivity (Wildman–Crippen MR) is 68.4 cm³/mol. The first-order valence-corrected chi connectivity index (χ1v) is 5.34. The second kappa shape index (κ2) is 5.61. The molecular weight excluding hydrogens is 226 g/mol. The minimum absolute atomic E-state index is 0.154. The number of nitrogens with two attached hydrogens (primary N) is 1. The fourth-order valence-corrected chi connectivity index (χ4v) is 1.39. The van der Waals surface area contributed by atoms with E-state index >= 15 is 0 Å². The van der Waals surface area contributed by atoms with E-state index in [0.29, 0.717) is 16.7 Å². The molecule has 0 aliphatic rings. The third-order valence-electron chi connectivity index (χ3n) is 1.82. The van der Waals surface area contributed by atoms with Crippen LogP contribution in [0.25, 0.3) is 0 Å². The molecule has 3 N–H and O–H groups in total. The summed E-state index contributed by atoms with van der Waals surface area (Å²) in [6.45, 7) is 3.91. The molecule has 0 spiro atoms. The Balaban J connectivity index is 2.82. The Kier molecular flexibility index (Phi) is 4.43. The zero-order valence-electron chi connectivity index (χ0n) is 9.62. The molecule has 0 saturated heterocycles. The van der Waals surface area contributed by atoms with Crippen LogP contribution in [0.5, 0.6) is 5.75 Å². The number of hydrogen-bond acceptors (Lipinski definition) is 2. The van der Waals surface area contributed by atoms with Crippen LogP contribution in [0, 0.1) is 0 Å². The van der Waals surface area contributed by atoms with Gasteiger partial charge in [0.1, 0.15) is 5.75 Å². The summed E-state index contributed by atoms with van der Waals surface area (Å²) in [7, 11) is 1.57. The minimum atomic E-state index is 0.154. The van der Waals surface area contributed by atoms with Gasteiger partial charge in [-0.2, -0.15) is 0 Å². The van der Waals surface area contributed by atoms with Gasteiger partial charge < -0.3 is 15.8 Å². The van der Waals surface area contributed by atoms with Gasteiger partial charge in [-0.15, -0.1) is 0 Å². The van der Waals surface area contributed by atoms with Crippen LogP contribution in [0.3, 0.4) is 0 Å². The molecule has 0 aliphatic heterocycles. The van der Waals surface area contributed by atoms with Crippen molar-refractivity contribution in [1.29, 1.82) is 0 Å². The predicted octanol–water partition coefficient (Wildman–Crippen LogP) is 2.48. The van der Waals surface area contributed by atoms with Gasteiger partial charge in [0.15, 0.2) is 5.96 Å². The van der Waals surface area contributed by atoms with E-state index < -0.39 is 0 Å². The number of nitrogens with one attached hydrogen (secondary N) is 1. The van der Waals surface area contributed by atoms with Crippen LogP contribution >= 0.6 is 11.6 Å². The zero-order valence-corrected chi connectivity index (χ0v) is 10.4. The standard InChI is InChI=1S/C11H16ClN3O/c1-7(2)14-11(13)15-8-4-5-9(12)10(6-8)16-3/h4-7H,1-3H3,(H3,13,14,15). The molecule has 0 heterocycles. The summed E-state index contributed by atoms with van der Waals surface area (Å²) in [5, 5.41) is 3.53. The zero-order chi connectivity index (χ0) is 12.1. The maximum Gasteiger partial charge on any atom is 0.193 e. The van der Waals surface area contributed by atoms with Crippen LogP contribution in [0.2, 0.25) is 5.02 Å². The quantitative estimate of drug-likeness (QED) is 0.631. The fraction of sp³-hybridized carbons (Fsp3) is 0.364. The summed E-state index contributed by atoms with van der Waals surface area (Å²) in [5.74, 6) is 0.975. The number of rotatable bonds is 3.